The number of likely N-dealkylation sites (tertiary alicyclic amines) is 1. The second-order valence-corrected chi connectivity index (χ2v) is 6.59. The maximum atomic E-state index is 9.63. The molecule has 0 atom stereocenters. The van der Waals surface area contributed by atoms with Gasteiger partial charge in [-0.3, -0.25) is 4.90 Å². The lowest BCUT2D eigenvalue weighted by molar-refractivity contribution is 0.0785. The molecule has 4 nitrogen and oxygen atoms in total. The van der Waals surface area contributed by atoms with Crippen LogP contribution in [-0.2, 0) is 6.54 Å². The van der Waals surface area contributed by atoms with Gasteiger partial charge in [0.1, 0.15) is 5.76 Å². The zero-order valence-electron chi connectivity index (χ0n) is 13.9. The fraction of sp³-hybridized carbons (Fsp3) is 0.350. The Labute approximate surface area is 141 Å². The standard InChI is InChI=1S/C20H22N2O2/c1-14-19(13-22-10-8-18(23)9-11-22)21-20(24-14)17-7-6-15-4-2-3-5-16(15)12-17/h2-7,12,18,23H,8-11,13H2,1H3. The van der Waals surface area contributed by atoms with Crippen LogP contribution in [0.1, 0.15) is 24.3 Å². The van der Waals surface area contributed by atoms with Crippen LogP contribution in [0.3, 0.4) is 0 Å². The van der Waals surface area contributed by atoms with Gasteiger partial charge < -0.3 is 9.52 Å². The van der Waals surface area contributed by atoms with Gasteiger partial charge in [0.05, 0.1) is 11.8 Å². The number of hydrogen-bond donors (Lipinski definition) is 1. The summed E-state index contributed by atoms with van der Waals surface area (Å²) in [4.78, 5) is 7.06. The van der Waals surface area contributed by atoms with E-state index in [-0.39, 0.29) is 6.10 Å². The number of benzene rings is 2. The van der Waals surface area contributed by atoms with Gasteiger partial charge in [-0.15, -0.1) is 0 Å². The highest BCUT2D eigenvalue weighted by atomic mass is 16.4. The highest BCUT2D eigenvalue weighted by Gasteiger charge is 2.20. The van der Waals surface area contributed by atoms with E-state index in [9.17, 15) is 5.11 Å². The van der Waals surface area contributed by atoms with Gasteiger partial charge in [0.2, 0.25) is 5.89 Å². The number of aryl methyl sites for hydroxylation is 1. The molecule has 4 rings (SSSR count). The molecule has 2 aromatic carbocycles. The van der Waals surface area contributed by atoms with Gasteiger partial charge in [-0.05, 0) is 42.7 Å². The minimum absolute atomic E-state index is 0.146. The molecule has 3 aromatic rings. The number of hydrogen-bond acceptors (Lipinski definition) is 4. The van der Waals surface area contributed by atoms with Crippen molar-refractivity contribution in [3.05, 3.63) is 53.9 Å². The summed E-state index contributed by atoms with van der Waals surface area (Å²) in [5, 5.41) is 12.0. The zero-order valence-corrected chi connectivity index (χ0v) is 13.9. The second kappa shape index (κ2) is 6.38. The minimum atomic E-state index is -0.146. The lowest BCUT2D eigenvalue weighted by Gasteiger charge is -2.28. The van der Waals surface area contributed by atoms with Crippen molar-refractivity contribution >= 4 is 10.8 Å². The zero-order chi connectivity index (χ0) is 16.5. The quantitative estimate of drug-likeness (QED) is 0.797. The predicted molar refractivity (Wildman–Crippen MR) is 94.7 cm³/mol. The molecule has 0 bridgehead atoms. The van der Waals surface area contributed by atoms with E-state index >= 15 is 0 Å². The highest BCUT2D eigenvalue weighted by Crippen LogP contribution is 2.26. The van der Waals surface area contributed by atoms with Crippen molar-refractivity contribution in [2.24, 2.45) is 0 Å². The number of aliphatic hydroxyl groups is 1. The van der Waals surface area contributed by atoms with E-state index in [0.29, 0.717) is 5.89 Å². The number of oxazole rings is 1. The van der Waals surface area contributed by atoms with Gasteiger partial charge in [0.25, 0.3) is 0 Å². The maximum absolute atomic E-state index is 9.63. The summed E-state index contributed by atoms with van der Waals surface area (Å²) in [6.07, 6.45) is 1.54. The van der Waals surface area contributed by atoms with E-state index in [4.69, 9.17) is 9.40 Å². The third-order valence-electron chi connectivity index (χ3n) is 4.82. The molecule has 1 N–H and O–H groups in total. The Morgan fingerprint density at radius 1 is 1.12 bits per heavy atom. The maximum Gasteiger partial charge on any atom is 0.226 e. The van der Waals surface area contributed by atoms with E-state index in [0.717, 1.165) is 49.5 Å². The SMILES string of the molecule is Cc1oc(-c2ccc3ccccc3c2)nc1CN1CCC(O)CC1. The summed E-state index contributed by atoms with van der Waals surface area (Å²) in [6.45, 7) is 4.60. The number of aromatic nitrogens is 1. The van der Waals surface area contributed by atoms with Crippen molar-refractivity contribution in [2.75, 3.05) is 13.1 Å². The van der Waals surface area contributed by atoms with Crippen LogP contribution in [-0.4, -0.2) is 34.2 Å². The average Bonchev–Trinajstić information content (AvgIpc) is 2.97. The highest BCUT2D eigenvalue weighted by molar-refractivity contribution is 5.86. The number of aliphatic hydroxyl groups excluding tert-OH is 1. The Kier molecular flexibility index (Phi) is 4.08. The third-order valence-corrected chi connectivity index (χ3v) is 4.82. The van der Waals surface area contributed by atoms with Crippen LogP contribution in [0.25, 0.3) is 22.2 Å². The smallest absolute Gasteiger partial charge is 0.226 e. The number of fused-ring (bicyclic) bond motifs is 1. The largest absolute Gasteiger partial charge is 0.441 e. The third kappa shape index (κ3) is 3.07. The molecule has 0 unspecified atom stereocenters. The molecule has 124 valence electrons. The molecule has 0 spiro atoms. The second-order valence-electron chi connectivity index (χ2n) is 6.59. The number of nitrogens with zero attached hydrogens (tertiary/aromatic N) is 2. The summed E-state index contributed by atoms with van der Waals surface area (Å²) < 4.78 is 5.93. The molecule has 4 heteroatoms. The van der Waals surface area contributed by atoms with E-state index < -0.39 is 0 Å². The Balaban J connectivity index is 1.57. The van der Waals surface area contributed by atoms with Crippen molar-refractivity contribution in [2.45, 2.75) is 32.4 Å². The van der Waals surface area contributed by atoms with Crippen LogP contribution in [0.15, 0.2) is 46.9 Å². The molecule has 24 heavy (non-hydrogen) atoms. The fourth-order valence-corrected chi connectivity index (χ4v) is 3.31. The molecule has 1 fully saturated rings. The van der Waals surface area contributed by atoms with E-state index in [2.05, 4.69) is 35.2 Å². The van der Waals surface area contributed by atoms with Gasteiger partial charge in [0, 0.05) is 25.2 Å². The monoisotopic (exact) mass is 322 g/mol. The summed E-state index contributed by atoms with van der Waals surface area (Å²) in [5.41, 5.74) is 2.01. The summed E-state index contributed by atoms with van der Waals surface area (Å²) >= 11 is 0. The summed E-state index contributed by atoms with van der Waals surface area (Å²) in [7, 11) is 0. The summed E-state index contributed by atoms with van der Waals surface area (Å²) in [5.74, 6) is 1.56. The fourth-order valence-electron chi connectivity index (χ4n) is 3.31. The van der Waals surface area contributed by atoms with Crippen LogP contribution in [0, 0.1) is 6.92 Å². The Bertz CT molecular complexity index is 848. The average molecular weight is 322 g/mol. The Hall–Kier alpha value is -2.17. The van der Waals surface area contributed by atoms with Crippen molar-refractivity contribution < 1.29 is 9.52 Å². The lowest BCUT2D eigenvalue weighted by atomic mass is 10.1. The summed E-state index contributed by atoms with van der Waals surface area (Å²) in [6, 6.07) is 14.6. The van der Waals surface area contributed by atoms with E-state index in [1.54, 1.807) is 0 Å². The van der Waals surface area contributed by atoms with Crippen LogP contribution in [0.5, 0.6) is 0 Å². The minimum Gasteiger partial charge on any atom is -0.441 e. The van der Waals surface area contributed by atoms with Crippen molar-refractivity contribution in [3.63, 3.8) is 0 Å². The van der Waals surface area contributed by atoms with Gasteiger partial charge in [-0.25, -0.2) is 4.98 Å². The van der Waals surface area contributed by atoms with Crippen LogP contribution in [0.4, 0.5) is 0 Å². The van der Waals surface area contributed by atoms with E-state index in [1.807, 2.05) is 19.1 Å². The first-order chi connectivity index (χ1) is 11.7. The molecule has 1 aliphatic heterocycles. The normalized spacial score (nSPS) is 16.8. The molecular formula is C20H22N2O2. The first-order valence-electron chi connectivity index (χ1n) is 8.55. The molecule has 0 aliphatic carbocycles. The molecule has 1 aliphatic rings. The molecule has 1 saturated heterocycles. The van der Waals surface area contributed by atoms with Crippen LogP contribution in [0.2, 0.25) is 0 Å². The molecule has 0 saturated carbocycles. The van der Waals surface area contributed by atoms with Crippen molar-refractivity contribution in [1.82, 2.24) is 9.88 Å². The van der Waals surface area contributed by atoms with Crippen LogP contribution >= 0.6 is 0 Å². The topological polar surface area (TPSA) is 49.5 Å². The van der Waals surface area contributed by atoms with Crippen molar-refractivity contribution in [1.29, 1.82) is 0 Å². The predicted octanol–water partition coefficient (Wildman–Crippen LogP) is 3.76. The van der Waals surface area contributed by atoms with Crippen LogP contribution < -0.4 is 0 Å². The van der Waals surface area contributed by atoms with Gasteiger partial charge in [-0.1, -0.05) is 30.3 Å². The Morgan fingerprint density at radius 2 is 1.88 bits per heavy atom. The number of piperidine rings is 1. The first-order valence-corrected chi connectivity index (χ1v) is 8.55. The number of rotatable bonds is 3. The molecule has 0 radical (unpaired) electrons. The molecule has 2 heterocycles. The first kappa shape index (κ1) is 15.4. The molecule has 0 amide bonds. The van der Waals surface area contributed by atoms with Crippen molar-refractivity contribution in [3.8, 4) is 11.5 Å². The van der Waals surface area contributed by atoms with Gasteiger partial charge >= 0.3 is 0 Å². The van der Waals surface area contributed by atoms with Gasteiger partial charge in [-0.2, -0.15) is 0 Å². The Morgan fingerprint density at radius 3 is 2.67 bits per heavy atom. The molecule has 1 aromatic heterocycles. The van der Waals surface area contributed by atoms with Gasteiger partial charge in [0.15, 0.2) is 0 Å². The molecular weight excluding hydrogens is 300 g/mol. The lowest BCUT2D eigenvalue weighted by Crippen LogP contribution is -2.35. The van der Waals surface area contributed by atoms with E-state index in [1.165, 1.54) is 10.8 Å².